The number of aromatic nitrogens is 1. The van der Waals surface area contributed by atoms with Gasteiger partial charge in [0, 0.05) is 23.3 Å². The second-order valence-electron chi connectivity index (χ2n) is 5.92. The minimum atomic E-state index is -0.432. The number of oxazole rings is 1. The van der Waals surface area contributed by atoms with Gasteiger partial charge in [0.25, 0.3) is 0 Å². The second-order valence-corrected chi connectivity index (χ2v) is 5.92. The Hall–Kier alpha value is -3.93. The molecule has 0 spiro atoms. The van der Waals surface area contributed by atoms with E-state index in [0.29, 0.717) is 23.1 Å². The van der Waals surface area contributed by atoms with Crippen molar-refractivity contribution in [2.45, 2.75) is 13.8 Å². The van der Waals surface area contributed by atoms with Gasteiger partial charge in [-0.2, -0.15) is 0 Å². The Balaban J connectivity index is 1.70. The van der Waals surface area contributed by atoms with Crippen LogP contribution in [-0.2, 0) is 9.59 Å². The summed E-state index contributed by atoms with van der Waals surface area (Å²) in [6, 6.07) is 13.8. The fraction of sp³-hybridized carbons (Fsp3) is 0.0870. The number of esters is 2. The lowest BCUT2D eigenvalue weighted by Crippen LogP contribution is -2.03. The Kier molecular flexibility index (Phi) is 6.37. The highest BCUT2D eigenvalue weighted by Gasteiger charge is 2.10. The van der Waals surface area contributed by atoms with Crippen LogP contribution in [0.1, 0.15) is 13.8 Å². The molecule has 0 unspecified atom stereocenters. The average Bonchev–Trinajstić information content (AvgIpc) is 3.20. The Morgan fingerprint density at radius 3 is 1.76 bits per heavy atom. The lowest BCUT2D eigenvalue weighted by molar-refractivity contribution is -0.129. The molecule has 6 nitrogen and oxygen atoms in total. The summed E-state index contributed by atoms with van der Waals surface area (Å²) >= 11 is 0. The van der Waals surface area contributed by atoms with Gasteiger partial charge in [-0.15, -0.1) is 0 Å². The molecule has 0 aliphatic rings. The van der Waals surface area contributed by atoms with Crippen molar-refractivity contribution in [2.75, 3.05) is 0 Å². The maximum atomic E-state index is 11.5. The van der Waals surface area contributed by atoms with E-state index in [2.05, 4.69) is 4.98 Å². The SMILES string of the molecule is C/C=C/C(=O)Oc1ccc(-c2cnc(-c3ccc(OC(=O)/C=C/C)cc3)o2)cc1. The number of ether oxygens (including phenoxy) is 2. The molecular weight excluding hydrogens is 370 g/mol. The van der Waals surface area contributed by atoms with Crippen LogP contribution in [-0.4, -0.2) is 16.9 Å². The average molecular weight is 389 g/mol. The summed E-state index contributed by atoms with van der Waals surface area (Å²) in [5.41, 5.74) is 1.55. The van der Waals surface area contributed by atoms with Gasteiger partial charge in [0.05, 0.1) is 6.20 Å². The number of allylic oxidation sites excluding steroid dienone is 2. The first-order valence-corrected chi connectivity index (χ1v) is 8.94. The highest BCUT2D eigenvalue weighted by molar-refractivity contribution is 5.84. The zero-order valence-corrected chi connectivity index (χ0v) is 16.0. The summed E-state index contributed by atoms with van der Waals surface area (Å²) in [4.78, 5) is 27.2. The van der Waals surface area contributed by atoms with Crippen LogP contribution in [0.25, 0.3) is 22.8 Å². The topological polar surface area (TPSA) is 78.6 Å². The van der Waals surface area contributed by atoms with Gasteiger partial charge in [-0.25, -0.2) is 14.6 Å². The molecule has 3 aromatic rings. The van der Waals surface area contributed by atoms with Crippen LogP contribution in [0.4, 0.5) is 0 Å². The lowest BCUT2D eigenvalue weighted by atomic mass is 10.2. The van der Waals surface area contributed by atoms with Crippen LogP contribution in [0.2, 0.25) is 0 Å². The summed E-state index contributed by atoms with van der Waals surface area (Å²) in [7, 11) is 0. The third-order valence-corrected chi connectivity index (χ3v) is 3.79. The van der Waals surface area contributed by atoms with Gasteiger partial charge in [0.2, 0.25) is 5.89 Å². The largest absolute Gasteiger partial charge is 0.436 e. The fourth-order valence-corrected chi connectivity index (χ4v) is 2.47. The summed E-state index contributed by atoms with van der Waals surface area (Å²) in [6.07, 6.45) is 7.55. The van der Waals surface area contributed by atoms with Crippen molar-refractivity contribution in [2.24, 2.45) is 0 Å². The van der Waals surface area contributed by atoms with E-state index < -0.39 is 11.9 Å². The Bertz CT molecular complexity index is 960. The molecule has 0 saturated heterocycles. The highest BCUT2D eigenvalue weighted by Crippen LogP contribution is 2.28. The number of carbonyl (C=O) groups excluding carboxylic acids is 2. The van der Waals surface area contributed by atoms with Crippen molar-refractivity contribution < 1.29 is 23.5 Å². The predicted octanol–water partition coefficient (Wildman–Crippen LogP) is 4.97. The molecule has 0 N–H and O–H groups in total. The van der Waals surface area contributed by atoms with E-state index in [4.69, 9.17) is 13.9 Å². The number of benzene rings is 2. The van der Waals surface area contributed by atoms with Gasteiger partial charge in [-0.05, 0) is 62.4 Å². The van der Waals surface area contributed by atoms with E-state index in [1.807, 2.05) is 0 Å². The van der Waals surface area contributed by atoms with E-state index in [1.165, 1.54) is 12.2 Å². The molecule has 1 heterocycles. The van der Waals surface area contributed by atoms with Crippen molar-refractivity contribution in [1.82, 2.24) is 4.98 Å². The summed E-state index contributed by atoms with van der Waals surface area (Å²) < 4.78 is 16.1. The highest BCUT2D eigenvalue weighted by atomic mass is 16.5. The van der Waals surface area contributed by atoms with Gasteiger partial charge in [0.1, 0.15) is 11.5 Å². The molecule has 0 radical (unpaired) electrons. The van der Waals surface area contributed by atoms with Crippen LogP contribution >= 0.6 is 0 Å². The quantitative estimate of drug-likeness (QED) is 0.336. The molecule has 6 heteroatoms. The molecule has 2 aromatic carbocycles. The number of carbonyl (C=O) groups is 2. The van der Waals surface area contributed by atoms with E-state index in [9.17, 15) is 9.59 Å². The number of hydrogen-bond acceptors (Lipinski definition) is 6. The minimum Gasteiger partial charge on any atom is -0.436 e. The Labute approximate surface area is 168 Å². The van der Waals surface area contributed by atoms with E-state index in [0.717, 1.165) is 11.1 Å². The third kappa shape index (κ3) is 5.29. The maximum absolute atomic E-state index is 11.5. The molecule has 29 heavy (non-hydrogen) atoms. The smallest absolute Gasteiger partial charge is 0.335 e. The number of nitrogens with zero attached hydrogens (tertiary/aromatic N) is 1. The number of hydrogen-bond donors (Lipinski definition) is 0. The van der Waals surface area contributed by atoms with Crippen LogP contribution < -0.4 is 9.47 Å². The summed E-state index contributed by atoms with van der Waals surface area (Å²) in [6.45, 7) is 3.49. The monoisotopic (exact) mass is 389 g/mol. The van der Waals surface area contributed by atoms with Gasteiger partial charge < -0.3 is 13.9 Å². The maximum Gasteiger partial charge on any atom is 0.335 e. The first-order chi connectivity index (χ1) is 14.1. The molecule has 0 fully saturated rings. The lowest BCUT2D eigenvalue weighted by Gasteiger charge is -2.03. The molecule has 0 amide bonds. The summed E-state index contributed by atoms with van der Waals surface area (Å²) in [5, 5.41) is 0. The first-order valence-electron chi connectivity index (χ1n) is 8.94. The van der Waals surface area contributed by atoms with E-state index >= 15 is 0 Å². The van der Waals surface area contributed by atoms with Crippen molar-refractivity contribution in [3.8, 4) is 34.3 Å². The third-order valence-electron chi connectivity index (χ3n) is 3.79. The Morgan fingerprint density at radius 2 is 1.28 bits per heavy atom. The molecule has 0 bridgehead atoms. The molecule has 0 saturated carbocycles. The molecule has 3 rings (SSSR count). The van der Waals surface area contributed by atoms with Gasteiger partial charge in [0.15, 0.2) is 5.76 Å². The predicted molar refractivity (Wildman–Crippen MR) is 108 cm³/mol. The van der Waals surface area contributed by atoms with Crippen molar-refractivity contribution in [1.29, 1.82) is 0 Å². The van der Waals surface area contributed by atoms with Crippen LogP contribution in [0.3, 0.4) is 0 Å². The molecule has 146 valence electrons. The zero-order valence-electron chi connectivity index (χ0n) is 16.0. The van der Waals surface area contributed by atoms with Gasteiger partial charge in [-0.3, -0.25) is 0 Å². The number of rotatable bonds is 6. The molecule has 0 atom stereocenters. The molecule has 1 aromatic heterocycles. The first kappa shape index (κ1) is 19.8. The normalized spacial score (nSPS) is 11.1. The zero-order chi connectivity index (χ0) is 20.6. The van der Waals surface area contributed by atoms with Gasteiger partial charge in [-0.1, -0.05) is 12.2 Å². The minimum absolute atomic E-state index is 0.429. The van der Waals surface area contributed by atoms with E-state index in [1.54, 1.807) is 80.7 Å². The second kappa shape index (κ2) is 9.32. The van der Waals surface area contributed by atoms with Crippen LogP contribution in [0, 0.1) is 0 Å². The van der Waals surface area contributed by atoms with Crippen molar-refractivity contribution in [3.63, 3.8) is 0 Å². The standard InChI is InChI=1S/C23H19NO5/c1-3-5-21(25)27-18-11-7-16(8-12-18)20-15-24-23(29-20)17-9-13-19(14-10-17)28-22(26)6-4-2/h3-15H,1-2H3/b5-3+,6-4+. The van der Waals surface area contributed by atoms with Gasteiger partial charge >= 0.3 is 11.9 Å². The van der Waals surface area contributed by atoms with E-state index in [-0.39, 0.29) is 0 Å². The summed E-state index contributed by atoms with van der Waals surface area (Å²) in [5.74, 6) is 1.04. The van der Waals surface area contributed by atoms with Crippen LogP contribution in [0.5, 0.6) is 11.5 Å². The van der Waals surface area contributed by atoms with Crippen LogP contribution in [0.15, 0.2) is 83.4 Å². The Morgan fingerprint density at radius 1 is 0.793 bits per heavy atom. The molecule has 0 aliphatic heterocycles. The van der Waals surface area contributed by atoms with Crippen molar-refractivity contribution in [3.05, 3.63) is 79.0 Å². The van der Waals surface area contributed by atoms with Crippen molar-refractivity contribution >= 4 is 11.9 Å². The fourth-order valence-electron chi connectivity index (χ4n) is 2.47. The molecule has 0 aliphatic carbocycles. The molecular formula is C23H19NO5.